The third-order valence-electron chi connectivity index (χ3n) is 6.75. The molecule has 2 atom stereocenters. The minimum Gasteiger partial charge on any atom is -0.356 e. The highest BCUT2D eigenvalue weighted by Crippen LogP contribution is 2.30. The zero-order chi connectivity index (χ0) is 20.3. The average molecular weight is 394 g/mol. The van der Waals surface area contributed by atoms with Crippen molar-refractivity contribution in [1.82, 2.24) is 5.32 Å². The van der Waals surface area contributed by atoms with Crippen molar-refractivity contribution in [1.29, 1.82) is 0 Å². The Morgan fingerprint density at radius 1 is 0.714 bits per heavy atom. The van der Waals surface area contributed by atoms with Crippen LogP contribution in [0.15, 0.2) is 0 Å². The first kappa shape index (κ1) is 25.5. The Bertz CT molecular complexity index is 354. The number of rotatable bonds is 18. The van der Waals surface area contributed by atoms with Crippen LogP contribution in [0.2, 0.25) is 0 Å². The van der Waals surface area contributed by atoms with Gasteiger partial charge in [-0.15, -0.1) is 0 Å². The van der Waals surface area contributed by atoms with Gasteiger partial charge < -0.3 is 5.32 Å². The van der Waals surface area contributed by atoms with Crippen molar-refractivity contribution >= 4 is 5.91 Å². The number of carbonyl (C=O) groups is 1. The molecule has 1 saturated heterocycles. The minimum atomic E-state index is 0.298. The highest BCUT2D eigenvalue weighted by Gasteiger charge is 2.28. The molecule has 28 heavy (non-hydrogen) atoms. The van der Waals surface area contributed by atoms with E-state index >= 15 is 0 Å². The molecule has 1 N–H and O–H groups in total. The lowest BCUT2D eigenvalue weighted by molar-refractivity contribution is -0.126. The quantitative estimate of drug-likeness (QED) is 0.234. The van der Waals surface area contributed by atoms with Crippen LogP contribution in [0, 0.1) is 11.8 Å². The van der Waals surface area contributed by atoms with Crippen LogP contribution in [0.25, 0.3) is 0 Å². The Labute approximate surface area is 177 Å². The molecular formula is C26H51NO. The van der Waals surface area contributed by atoms with E-state index in [1.165, 1.54) is 122 Å². The van der Waals surface area contributed by atoms with E-state index in [-0.39, 0.29) is 0 Å². The number of carbonyl (C=O) groups excluding carboxylic acids is 1. The number of amides is 1. The molecular weight excluding hydrogens is 342 g/mol. The van der Waals surface area contributed by atoms with Crippen LogP contribution < -0.4 is 5.32 Å². The SMILES string of the molecule is CCCCCCCCCCCCCC(CCCCCC)C1CCCCNC1=O. The number of hydrogen-bond acceptors (Lipinski definition) is 1. The first-order valence-electron chi connectivity index (χ1n) is 13.1. The van der Waals surface area contributed by atoms with Gasteiger partial charge in [0, 0.05) is 12.5 Å². The highest BCUT2D eigenvalue weighted by atomic mass is 16.1. The molecule has 0 aromatic carbocycles. The van der Waals surface area contributed by atoms with Crippen molar-refractivity contribution in [3.63, 3.8) is 0 Å². The van der Waals surface area contributed by atoms with Crippen LogP contribution in [-0.4, -0.2) is 12.5 Å². The van der Waals surface area contributed by atoms with Crippen molar-refractivity contribution in [3.05, 3.63) is 0 Å². The fraction of sp³-hybridized carbons (Fsp3) is 0.962. The van der Waals surface area contributed by atoms with Crippen molar-refractivity contribution < 1.29 is 4.79 Å². The third kappa shape index (κ3) is 12.8. The molecule has 0 radical (unpaired) electrons. The molecule has 1 fully saturated rings. The van der Waals surface area contributed by atoms with Gasteiger partial charge in [-0.05, 0) is 31.6 Å². The Hall–Kier alpha value is -0.530. The van der Waals surface area contributed by atoms with Crippen molar-refractivity contribution in [2.45, 2.75) is 142 Å². The molecule has 0 bridgehead atoms. The fourth-order valence-electron chi connectivity index (χ4n) is 4.86. The molecule has 166 valence electrons. The van der Waals surface area contributed by atoms with Crippen LogP contribution in [-0.2, 0) is 4.79 Å². The summed E-state index contributed by atoms with van der Waals surface area (Å²) in [6, 6.07) is 0. The first-order chi connectivity index (χ1) is 13.8. The molecule has 0 aromatic rings. The number of unbranched alkanes of at least 4 members (excludes halogenated alkanes) is 13. The van der Waals surface area contributed by atoms with Crippen molar-refractivity contribution in [2.75, 3.05) is 6.54 Å². The predicted octanol–water partition coefficient (Wildman–Crippen LogP) is 8.19. The van der Waals surface area contributed by atoms with Crippen molar-refractivity contribution in [3.8, 4) is 0 Å². The highest BCUT2D eigenvalue weighted by molar-refractivity contribution is 5.79. The molecule has 0 aromatic heterocycles. The zero-order valence-corrected chi connectivity index (χ0v) is 19.4. The second-order valence-corrected chi connectivity index (χ2v) is 9.33. The molecule has 1 heterocycles. The first-order valence-corrected chi connectivity index (χ1v) is 13.1. The van der Waals surface area contributed by atoms with Crippen LogP contribution >= 0.6 is 0 Å². The summed E-state index contributed by atoms with van der Waals surface area (Å²) in [6.45, 7) is 5.47. The van der Waals surface area contributed by atoms with Gasteiger partial charge >= 0.3 is 0 Å². The summed E-state index contributed by atoms with van der Waals surface area (Å²) in [5.74, 6) is 1.29. The third-order valence-corrected chi connectivity index (χ3v) is 6.75. The van der Waals surface area contributed by atoms with Crippen LogP contribution in [0.4, 0.5) is 0 Å². The Balaban J connectivity index is 2.18. The van der Waals surface area contributed by atoms with Gasteiger partial charge in [0.15, 0.2) is 0 Å². The topological polar surface area (TPSA) is 29.1 Å². The summed E-state index contributed by atoms with van der Waals surface area (Å²) < 4.78 is 0. The van der Waals surface area contributed by atoms with Gasteiger partial charge in [-0.25, -0.2) is 0 Å². The van der Waals surface area contributed by atoms with Gasteiger partial charge in [0.1, 0.15) is 0 Å². The monoisotopic (exact) mass is 393 g/mol. The Morgan fingerprint density at radius 3 is 1.71 bits per heavy atom. The van der Waals surface area contributed by atoms with Gasteiger partial charge in [-0.3, -0.25) is 4.79 Å². The van der Waals surface area contributed by atoms with Crippen LogP contribution in [0.1, 0.15) is 142 Å². The minimum absolute atomic E-state index is 0.298. The summed E-state index contributed by atoms with van der Waals surface area (Å²) >= 11 is 0. The second-order valence-electron chi connectivity index (χ2n) is 9.33. The Kier molecular flexibility index (Phi) is 16.8. The standard InChI is InChI=1S/C26H51NO/c1-3-5-7-9-10-11-12-13-14-15-17-21-24(20-16-8-6-4-2)25-22-18-19-23-27-26(25)28/h24-25H,3-23H2,1-2H3,(H,27,28). The molecule has 0 saturated carbocycles. The summed E-state index contributed by atoms with van der Waals surface area (Å²) in [7, 11) is 0. The van der Waals surface area contributed by atoms with E-state index in [2.05, 4.69) is 19.2 Å². The summed E-state index contributed by atoms with van der Waals surface area (Å²) in [5.41, 5.74) is 0. The van der Waals surface area contributed by atoms with E-state index in [1.807, 2.05) is 0 Å². The number of hydrogen-bond donors (Lipinski definition) is 1. The zero-order valence-electron chi connectivity index (χ0n) is 19.4. The van der Waals surface area contributed by atoms with Gasteiger partial charge in [-0.1, -0.05) is 117 Å². The van der Waals surface area contributed by atoms with E-state index in [0.717, 1.165) is 13.0 Å². The molecule has 1 aliphatic rings. The molecule has 1 amide bonds. The molecule has 0 aliphatic carbocycles. The smallest absolute Gasteiger partial charge is 0.223 e. The molecule has 2 nitrogen and oxygen atoms in total. The summed E-state index contributed by atoms with van der Waals surface area (Å²) in [5, 5.41) is 3.18. The normalized spacial score (nSPS) is 18.6. The lowest BCUT2D eigenvalue weighted by Gasteiger charge is -2.25. The van der Waals surface area contributed by atoms with E-state index in [9.17, 15) is 4.79 Å². The van der Waals surface area contributed by atoms with E-state index in [4.69, 9.17) is 0 Å². The summed E-state index contributed by atoms with van der Waals surface area (Å²) in [6.07, 6.45) is 26.9. The maximum Gasteiger partial charge on any atom is 0.223 e. The second kappa shape index (κ2) is 18.5. The largest absolute Gasteiger partial charge is 0.356 e. The lowest BCUT2D eigenvalue weighted by atomic mass is 9.80. The van der Waals surface area contributed by atoms with Gasteiger partial charge in [-0.2, -0.15) is 0 Å². The lowest BCUT2D eigenvalue weighted by Crippen LogP contribution is -2.33. The fourth-order valence-corrected chi connectivity index (χ4v) is 4.86. The van der Waals surface area contributed by atoms with Crippen LogP contribution in [0.3, 0.4) is 0 Å². The maximum atomic E-state index is 12.5. The van der Waals surface area contributed by atoms with Gasteiger partial charge in [0.05, 0.1) is 0 Å². The Morgan fingerprint density at radius 2 is 1.18 bits per heavy atom. The maximum absolute atomic E-state index is 12.5. The van der Waals surface area contributed by atoms with Crippen LogP contribution in [0.5, 0.6) is 0 Å². The van der Waals surface area contributed by atoms with Crippen molar-refractivity contribution in [2.24, 2.45) is 11.8 Å². The molecule has 0 spiro atoms. The van der Waals surface area contributed by atoms with Gasteiger partial charge in [0.25, 0.3) is 0 Å². The molecule has 2 unspecified atom stereocenters. The average Bonchev–Trinajstić information content (AvgIpc) is 2.92. The van der Waals surface area contributed by atoms with E-state index in [0.29, 0.717) is 17.7 Å². The number of nitrogens with one attached hydrogen (secondary N) is 1. The summed E-state index contributed by atoms with van der Waals surface area (Å²) in [4.78, 5) is 12.5. The molecule has 1 rings (SSSR count). The van der Waals surface area contributed by atoms with Gasteiger partial charge in [0.2, 0.25) is 5.91 Å². The predicted molar refractivity (Wildman–Crippen MR) is 124 cm³/mol. The molecule has 1 aliphatic heterocycles. The van der Waals surface area contributed by atoms with E-state index < -0.39 is 0 Å². The molecule has 2 heteroatoms. The van der Waals surface area contributed by atoms with E-state index in [1.54, 1.807) is 0 Å².